The van der Waals surface area contributed by atoms with Crippen LogP contribution in [-0.2, 0) is 14.3 Å². The third kappa shape index (κ3) is 7.69. The van der Waals surface area contributed by atoms with E-state index in [4.69, 9.17) is 19.7 Å². The Labute approximate surface area is 147 Å². The van der Waals surface area contributed by atoms with Gasteiger partial charge in [-0.3, -0.25) is 9.59 Å². The number of carbonyl (C=O) groups excluding carboxylic acids is 1. The first-order valence-corrected chi connectivity index (χ1v) is 8.08. The minimum Gasteiger partial charge on any atom is -0.497 e. The van der Waals surface area contributed by atoms with E-state index in [1.54, 1.807) is 52.1 Å². The molecule has 1 aromatic rings. The highest BCUT2D eigenvalue weighted by molar-refractivity contribution is 5.89. The molecule has 1 rings (SSSR count). The van der Waals surface area contributed by atoms with Crippen molar-refractivity contribution in [2.75, 3.05) is 13.7 Å². The standard InChI is InChI=1S/C10H12O3.C8H14O4/c1-3-13-10(11)8-4-6-9(12-2)7-5-8;1-3-5(7(9)10)6(4-2)8(11)12/h4-7H,3H2,1-2H3;5-6H,3-4H2,1-2H3,(H,9,10)(H,11,12). The summed E-state index contributed by atoms with van der Waals surface area (Å²) in [6.07, 6.45) is 0.723. The highest BCUT2D eigenvalue weighted by Crippen LogP contribution is 2.19. The molecule has 0 radical (unpaired) electrons. The van der Waals surface area contributed by atoms with Crippen LogP contribution in [0.2, 0.25) is 0 Å². The van der Waals surface area contributed by atoms with E-state index in [1.165, 1.54) is 0 Å². The Hall–Kier alpha value is -2.57. The molecule has 2 unspecified atom stereocenters. The lowest BCUT2D eigenvalue weighted by atomic mass is 9.88. The van der Waals surface area contributed by atoms with E-state index in [9.17, 15) is 14.4 Å². The fourth-order valence-corrected chi connectivity index (χ4v) is 2.20. The number of carbonyl (C=O) groups is 3. The molecule has 2 N–H and O–H groups in total. The Morgan fingerprint density at radius 1 is 0.920 bits per heavy atom. The zero-order chi connectivity index (χ0) is 19.4. The predicted molar refractivity (Wildman–Crippen MR) is 91.8 cm³/mol. The summed E-state index contributed by atoms with van der Waals surface area (Å²) in [7, 11) is 1.58. The van der Waals surface area contributed by atoms with Crippen molar-refractivity contribution < 1.29 is 34.1 Å². The van der Waals surface area contributed by atoms with Gasteiger partial charge in [-0.1, -0.05) is 13.8 Å². The van der Waals surface area contributed by atoms with E-state index in [1.807, 2.05) is 0 Å². The van der Waals surface area contributed by atoms with E-state index in [0.29, 0.717) is 25.0 Å². The maximum absolute atomic E-state index is 11.2. The van der Waals surface area contributed by atoms with Crippen LogP contribution in [0.1, 0.15) is 44.0 Å². The monoisotopic (exact) mass is 354 g/mol. The first-order valence-electron chi connectivity index (χ1n) is 8.08. The molecule has 0 heterocycles. The minimum atomic E-state index is -1.02. The van der Waals surface area contributed by atoms with Gasteiger partial charge in [0.1, 0.15) is 5.75 Å². The highest BCUT2D eigenvalue weighted by atomic mass is 16.5. The lowest BCUT2D eigenvalue weighted by Crippen LogP contribution is -2.28. The SMILES string of the molecule is CCC(C(=O)O)C(CC)C(=O)O.CCOC(=O)c1ccc(OC)cc1. The van der Waals surface area contributed by atoms with Gasteiger partial charge in [-0.05, 0) is 44.0 Å². The molecule has 0 fully saturated rings. The van der Waals surface area contributed by atoms with Gasteiger partial charge < -0.3 is 19.7 Å². The molecular weight excluding hydrogens is 328 g/mol. The molecule has 0 saturated carbocycles. The third-order valence-corrected chi connectivity index (χ3v) is 3.60. The van der Waals surface area contributed by atoms with Crippen molar-refractivity contribution >= 4 is 17.9 Å². The fraction of sp³-hybridized carbons (Fsp3) is 0.500. The second-order valence-corrected chi connectivity index (χ2v) is 5.15. The summed E-state index contributed by atoms with van der Waals surface area (Å²) in [6.45, 7) is 5.54. The van der Waals surface area contributed by atoms with Crippen LogP contribution in [0.3, 0.4) is 0 Å². The number of ether oxygens (including phenoxy) is 2. The number of hydrogen-bond donors (Lipinski definition) is 2. The molecule has 0 aliphatic rings. The summed E-state index contributed by atoms with van der Waals surface area (Å²) in [5, 5.41) is 17.3. The van der Waals surface area contributed by atoms with E-state index in [-0.39, 0.29) is 5.97 Å². The molecule has 140 valence electrons. The van der Waals surface area contributed by atoms with Crippen LogP contribution in [0.25, 0.3) is 0 Å². The second kappa shape index (κ2) is 11.9. The molecule has 0 aliphatic carbocycles. The number of aliphatic carboxylic acids is 2. The van der Waals surface area contributed by atoms with Crippen molar-refractivity contribution in [2.45, 2.75) is 33.6 Å². The molecule has 0 bridgehead atoms. The average molecular weight is 354 g/mol. The van der Waals surface area contributed by atoms with Gasteiger partial charge in [-0.25, -0.2) is 4.79 Å². The summed E-state index contributed by atoms with van der Waals surface area (Å²) < 4.78 is 9.78. The number of carboxylic acids is 2. The first-order chi connectivity index (χ1) is 11.8. The van der Waals surface area contributed by atoms with Gasteiger partial charge in [0.25, 0.3) is 0 Å². The van der Waals surface area contributed by atoms with Crippen LogP contribution in [-0.4, -0.2) is 41.8 Å². The van der Waals surface area contributed by atoms with Gasteiger partial charge >= 0.3 is 17.9 Å². The van der Waals surface area contributed by atoms with Gasteiger partial charge in [0, 0.05) is 0 Å². The van der Waals surface area contributed by atoms with Gasteiger partial charge in [0.05, 0.1) is 31.1 Å². The van der Waals surface area contributed by atoms with Crippen LogP contribution in [0.15, 0.2) is 24.3 Å². The molecule has 0 amide bonds. The molecule has 0 saturated heterocycles. The van der Waals surface area contributed by atoms with Gasteiger partial charge in [0.15, 0.2) is 0 Å². The molecule has 0 aliphatic heterocycles. The number of benzene rings is 1. The van der Waals surface area contributed by atoms with Gasteiger partial charge in [-0.15, -0.1) is 0 Å². The number of rotatable bonds is 8. The van der Waals surface area contributed by atoms with Crippen LogP contribution in [0.5, 0.6) is 5.75 Å². The number of hydrogen-bond acceptors (Lipinski definition) is 5. The Morgan fingerprint density at radius 2 is 1.36 bits per heavy atom. The first kappa shape index (κ1) is 22.4. The van der Waals surface area contributed by atoms with Gasteiger partial charge in [0.2, 0.25) is 0 Å². The maximum atomic E-state index is 11.2. The second-order valence-electron chi connectivity index (χ2n) is 5.15. The van der Waals surface area contributed by atoms with E-state index < -0.39 is 23.8 Å². The summed E-state index contributed by atoms with van der Waals surface area (Å²) in [5.74, 6) is -3.13. The van der Waals surface area contributed by atoms with Crippen molar-refractivity contribution in [3.05, 3.63) is 29.8 Å². The van der Waals surface area contributed by atoms with E-state index >= 15 is 0 Å². The van der Waals surface area contributed by atoms with Crippen molar-refractivity contribution in [3.63, 3.8) is 0 Å². The predicted octanol–water partition coefficient (Wildman–Crippen LogP) is 3.08. The lowest BCUT2D eigenvalue weighted by molar-refractivity contribution is -0.154. The molecule has 7 nitrogen and oxygen atoms in total. The number of carboxylic acid groups (broad SMARTS) is 2. The van der Waals surface area contributed by atoms with Crippen LogP contribution in [0.4, 0.5) is 0 Å². The van der Waals surface area contributed by atoms with Crippen molar-refractivity contribution in [1.82, 2.24) is 0 Å². The van der Waals surface area contributed by atoms with Crippen molar-refractivity contribution in [2.24, 2.45) is 11.8 Å². The molecule has 25 heavy (non-hydrogen) atoms. The molecule has 2 atom stereocenters. The zero-order valence-corrected chi connectivity index (χ0v) is 15.0. The van der Waals surface area contributed by atoms with E-state index in [2.05, 4.69) is 0 Å². The topological polar surface area (TPSA) is 110 Å². The smallest absolute Gasteiger partial charge is 0.338 e. The molecule has 1 aromatic carbocycles. The molecule has 0 spiro atoms. The Bertz CT molecular complexity index is 531. The Morgan fingerprint density at radius 3 is 1.64 bits per heavy atom. The number of esters is 1. The molecule has 7 heteroatoms. The Kier molecular flexibility index (Phi) is 10.7. The minimum absolute atomic E-state index is 0.301. The fourth-order valence-electron chi connectivity index (χ4n) is 2.20. The summed E-state index contributed by atoms with van der Waals surface area (Å²) in [4.78, 5) is 32.3. The zero-order valence-electron chi connectivity index (χ0n) is 15.0. The largest absolute Gasteiger partial charge is 0.497 e. The van der Waals surface area contributed by atoms with E-state index in [0.717, 1.165) is 5.75 Å². The lowest BCUT2D eigenvalue weighted by Gasteiger charge is -2.16. The van der Waals surface area contributed by atoms with Crippen LogP contribution < -0.4 is 4.74 Å². The van der Waals surface area contributed by atoms with Crippen LogP contribution >= 0.6 is 0 Å². The molecular formula is C18H26O7. The third-order valence-electron chi connectivity index (χ3n) is 3.60. The highest BCUT2D eigenvalue weighted by Gasteiger charge is 2.30. The number of methoxy groups -OCH3 is 1. The van der Waals surface area contributed by atoms with Crippen molar-refractivity contribution in [1.29, 1.82) is 0 Å². The molecule has 0 aromatic heterocycles. The Balaban J connectivity index is 0.000000463. The normalized spacial score (nSPS) is 12.2. The summed E-state index contributed by atoms with van der Waals surface area (Å²) in [6, 6.07) is 6.81. The van der Waals surface area contributed by atoms with Crippen molar-refractivity contribution in [3.8, 4) is 5.75 Å². The average Bonchev–Trinajstić information content (AvgIpc) is 2.59. The quantitative estimate of drug-likeness (QED) is 0.690. The summed E-state index contributed by atoms with van der Waals surface area (Å²) >= 11 is 0. The maximum Gasteiger partial charge on any atom is 0.338 e. The van der Waals surface area contributed by atoms with Gasteiger partial charge in [-0.2, -0.15) is 0 Å². The van der Waals surface area contributed by atoms with Crippen LogP contribution in [0, 0.1) is 11.8 Å². The summed E-state index contributed by atoms with van der Waals surface area (Å²) in [5.41, 5.74) is 0.544.